The fraction of sp³-hybridized carbons (Fsp3) is 0.875. The van der Waals surface area contributed by atoms with Gasteiger partial charge in [0.2, 0.25) is 0 Å². The summed E-state index contributed by atoms with van der Waals surface area (Å²) in [5.74, 6) is 5.84. The maximum Gasteiger partial charge on any atom is 0.156 e. The van der Waals surface area contributed by atoms with Crippen LogP contribution in [0.1, 0.15) is 13.8 Å². The van der Waals surface area contributed by atoms with Crippen LogP contribution in [0, 0.1) is 5.92 Å². The van der Waals surface area contributed by atoms with Gasteiger partial charge in [-0.1, -0.05) is 13.8 Å². The summed E-state index contributed by atoms with van der Waals surface area (Å²) in [5.41, 5.74) is 0. The Morgan fingerprint density at radius 3 is 2.83 bits per heavy atom. The van der Waals surface area contributed by atoms with Crippen LogP contribution in [-0.2, 0) is 9.53 Å². The molecule has 0 saturated carbocycles. The number of Topliss-reactive ketones (excluding diaryl/α,β-unsaturated/α-hetero) is 1. The van der Waals surface area contributed by atoms with E-state index in [1.165, 1.54) is 0 Å². The summed E-state index contributed by atoms with van der Waals surface area (Å²) in [5, 5.41) is 1.58. The number of hydrogen-bond donors (Lipinski definition) is 1. The number of rotatable bonds is 2. The molecule has 1 heterocycles. The van der Waals surface area contributed by atoms with Gasteiger partial charge >= 0.3 is 0 Å². The topological polar surface area (TPSA) is 55.6 Å². The molecule has 0 radical (unpaired) electrons. The minimum atomic E-state index is -0.237. The largest absolute Gasteiger partial charge is 0.378 e. The minimum Gasteiger partial charge on any atom is -0.378 e. The maximum absolute atomic E-state index is 11.5. The number of hydrogen-bond acceptors (Lipinski definition) is 4. The average Bonchev–Trinajstić information content (AvgIpc) is 2.04. The molecule has 0 aromatic rings. The Bertz CT molecular complexity index is 170. The minimum absolute atomic E-state index is 0.0303. The number of morpholine rings is 1. The molecule has 1 saturated heterocycles. The van der Waals surface area contributed by atoms with E-state index in [1.54, 1.807) is 5.01 Å². The highest BCUT2D eigenvalue weighted by Gasteiger charge is 2.28. The van der Waals surface area contributed by atoms with Crippen LogP contribution in [0.5, 0.6) is 0 Å². The van der Waals surface area contributed by atoms with Crippen molar-refractivity contribution in [1.29, 1.82) is 0 Å². The van der Waals surface area contributed by atoms with Gasteiger partial charge in [-0.2, -0.15) is 0 Å². The Hall–Kier alpha value is -0.450. The average molecular weight is 172 g/mol. The summed E-state index contributed by atoms with van der Waals surface area (Å²) in [6.07, 6.45) is 0. The van der Waals surface area contributed by atoms with Gasteiger partial charge in [-0.15, -0.1) is 0 Å². The molecular formula is C8H16N2O2. The van der Waals surface area contributed by atoms with E-state index in [9.17, 15) is 4.79 Å². The monoisotopic (exact) mass is 172 g/mol. The van der Waals surface area contributed by atoms with Crippen LogP contribution in [0.25, 0.3) is 0 Å². The van der Waals surface area contributed by atoms with Crippen LogP contribution in [0.15, 0.2) is 0 Å². The van der Waals surface area contributed by atoms with Crippen LogP contribution >= 0.6 is 0 Å². The molecular weight excluding hydrogens is 156 g/mol. The van der Waals surface area contributed by atoms with E-state index < -0.39 is 0 Å². The SMILES string of the molecule is CC(C)C(=O)C1COCCN1N. The van der Waals surface area contributed by atoms with Crippen LogP contribution in [-0.4, -0.2) is 36.6 Å². The first-order chi connectivity index (χ1) is 5.63. The van der Waals surface area contributed by atoms with Gasteiger partial charge in [0.25, 0.3) is 0 Å². The standard InChI is InChI=1S/C8H16N2O2/c1-6(2)8(11)7-5-12-4-3-10(7)9/h6-7H,3-5,9H2,1-2H3. The second-order valence-electron chi connectivity index (χ2n) is 3.39. The quantitative estimate of drug-likeness (QED) is 0.585. The molecule has 0 aromatic heterocycles. The van der Waals surface area contributed by atoms with Gasteiger partial charge in [0.1, 0.15) is 6.04 Å². The van der Waals surface area contributed by atoms with Crippen molar-refractivity contribution < 1.29 is 9.53 Å². The Balaban J connectivity index is 2.53. The van der Waals surface area contributed by atoms with Gasteiger partial charge in [-0.05, 0) is 0 Å². The first kappa shape index (κ1) is 9.64. The predicted molar refractivity (Wildman–Crippen MR) is 45.3 cm³/mol. The molecule has 70 valence electrons. The molecule has 1 fully saturated rings. The number of ether oxygens (including phenoxy) is 1. The van der Waals surface area contributed by atoms with E-state index >= 15 is 0 Å². The van der Waals surface area contributed by atoms with Gasteiger partial charge in [-0.3, -0.25) is 10.6 Å². The van der Waals surface area contributed by atoms with Crippen molar-refractivity contribution >= 4 is 5.78 Å². The molecule has 0 amide bonds. The van der Waals surface area contributed by atoms with Crippen molar-refractivity contribution in [1.82, 2.24) is 5.01 Å². The maximum atomic E-state index is 11.5. The zero-order chi connectivity index (χ0) is 9.14. The first-order valence-corrected chi connectivity index (χ1v) is 4.25. The molecule has 0 spiro atoms. The molecule has 4 nitrogen and oxygen atoms in total. The highest BCUT2D eigenvalue weighted by Crippen LogP contribution is 2.08. The molecule has 1 rings (SSSR count). The van der Waals surface area contributed by atoms with Crippen LogP contribution in [0.3, 0.4) is 0 Å². The molecule has 1 atom stereocenters. The fourth-order valence-electron chi connectivity index (χ4n) is 1.25. The van der Waals surface area contributed by atoms with E-state index in [0.29, 0.717) is 19.8 Å². The molecule has 1 aliphatic heterocycles. The van der Waals surface area contributed by atoms with Gasteiger partial charge in [0.05, 0.1) is 13.2 Å². The van der Waals surface area contributed by atoms with Gasteiger partial charge in [0.15, 0.2) is 5.78 Å². The Kier molecular flexibility index (Phi) is 3.20. The van der Waals surface area contributed by atoms with E-state index in [2.05, 4.69) is 0 Å². The Morgan fingerprint density at radius 1 is 1.67 bits per heavy atom. The van der Waals surface area contributed by atoms with E-state index in [0.717, 1.165) is 0 Å². The summed E-state index contributed by atoms with van der Waals surface area (Å²) in [4.78, 5) is 11.5. The molecule has 0 aromatic carbocycles. The van der Waals surface area contributed by atoms with Crippen molar-refractivity contribution in [2.45, 2.75) is 19.9 Å². The zero-order valence-electron chi connectivity index (χ0n) is 7.62. The van der Waals surface area contributed by atoms with Crippen LogP contribution in [0.2, 0.25) is 0 Å². The van der Waals surface area contributed by atoms with Crippen molar-refractivity contribution in [2.24, 2.45) is 11.8 Å². The van der Waals surface area contributed by atoms with Crippen molar-refractivity contribution in [3.63, 3.8) is 0 Å². The third kappa shape index (κ3) is 2.03. The van der Waals surface area contributed by atoms with Crippen molar-refractivity contribution in [3.05, 3.63) is 0 Å². The lowest BCUT2D eigenvalue weighted by Gasteiger charge is -2.31. The summed E-state index contributed by atoms with van der Waals surface area (Å²) in [7, 11) is 0. The predicted octanol–water partition coefficient (Wildman–Crippen LogP) is -0.214. The van der Waals surface area contributed by atoms with Gasteiger partial charge < -0.3 is 4.74 Å². The van der Waals surface area contributed by atoms with Gasteiger partial charge in [-0.25, -0.2) is 5.01 Å². The molecule has 2 N–H and O–H groups in total. The lowest BCUT2D eigenvalue weighted by atomic mass is 10.0. The Labute approximate surface area is 72.6 Å². The van der Waals surface area contributed by atoms with Crippen LogP contribution in [0.4, 0.5) is 0 Å². The highest BCUT2D eigenvalue weighted by atomic mass is 16.5. The summed E-state index contributed by atoms with van der Waals surface area (Å²) in [6.45, 7) is 5.46. The van der Waals surface area contributed by atoms with Crippen LogP contribution < -0.4 is 5.84 Å². The normalized spacial score (nSPS) is 26.2. The molecule has 1 aliphatic rings. The number of hydrazine groups is 1. The van der Waals surface area contributed by atoms with Crippen molar-refractivity contribution in [2.75, 3.05) is 19.8 Å². The second-order valence-corrected chi connectivity index (χ2v) is 3.39. The molecule has 12 heavy (non-hydrogen) atoms. The fourth-order valence-corrected chi connectivity index (χ4v) is 1.25. The zero-order valence-corrected chi connectivity index (χ0v) is 7.62. The van der Waals surface area contributed by atoms with Crippen molar-refractivity contribution in [3.8, 4) is 0 Å². The molecule has 0 aliphatic carbocycles. The Morgan fingerprint density at radius 2 is 2.33 bits per heavy atom. The third-order valence-corrected chi connectivity index (χ3v) is 2.07. The smallest absolute Gasteiger partial charge is 0.156 e. The summed E-state index contributed by atoms with van der Waals surface area (Å²) >= 11 is 0. The number of nitrogens with two attached hydrogens (primary N) is 1. The molecule has 1 unspecified atom stereocenters. The second kappa shape index (κ2) is 3.98. The molecule has 0 bridgehead atoms. The van der Waals surface area contributed by atoms with Gasteiger partial charge in [0, 0.05) is 12.5 Å². The van der Waals surface area contributed by atoms with E-state index in [4.69, 9.17) is 10.6 Å². The lowest BCUT2D eigenvalue weighted by Crippen LogP contribution is -2.54. The number of ketones is 1. The number of carbonyl (C=O) groups excluding carboxylic acids is 1. The highest BCUT2D eigenvalue weighted by molar-refractivity contribution is 5.85. The first-order valence-electron chi connectivity index (χ1n) is 4.25. The van der Waals surface area contributed by atoms with E-state index in [1.807, 2.05) is 13.8 Å². The van der Waals surface area contributed by atoms with E-state index in [-0.39, 0.29) is 17.7 Å². The number of carbonyl (C=O) groups is 1. The third-order valence-electron chi connectivity index (χ3n) is 2.07. The summed E-state index contributed by atoms with van der Waals surface area (Å²) < 4.78 is 5.18. The molecule has 4 heteroatoms. The number of nitrogens with zero attached hydrogens (tertiary/aromatic N) is 1. The lowest BCUT2D eigenvalue weighted by molar-refractivity contribution is -0.133. The summed E-state index contributed by atoms with van der Waals surface area (Å²) in [6, 6.07) is -0.237.